The molecule has 7 aromatic rings. The van der Waals surface area contributed by atoms with Crippen LogP contribution in [0.15, 0.2) is 127 Å². The van der Waals surface area contributed by atoms with Crippen LogP contribution in [0.5, 0.6) is 0 Å². The molecule has 1 aromatic heterocycles. The van der Waals surface area contributed by atoms with Crippen LogP contribution in [-0.2, 0) is 21.7 Å². The molecule has 3 aliphatic rings. The van der Waals surface area contributed by atoms with Crippen LogP contribution in [-0.4, -0.2) is 6.71 Å². The van der Waals surface area contributed by atoms with Gasteiger partial charge in [-0.05, 0) is 121 Å². The van der Waals surface area contributed by atoms with E-state index >= 15 is 0 Å². The van der Waals surface area contributed by atoms with Crippen LogP contribution in [0.3, 0.4) is 0 Å². The lowest BCUT2D eigenvalue weighted by atomic mass is 9.36. The predicted octanol–water partition coefficient (Wildman–Crippen LogP) is 13.6. The first-order valence-electron chi connectivity index (χ1n) is 21.3. The van der Waals surface area contributed by atoms with E-state index in [1.807, 2.05) is 11.3 Å². The fraction of sp³-hybridized carbons (Fsp3) is 0.296. The summed E-state index contributed by atoms with van der Waals surface area (Å²) in [5, 5.41) is 1.32. The maximum absolute atomic E-state index is 2.65. The van der Waals surface area contributed by atoms with Gasteiger partial charge in [-0.15, -0.1) is 11.3 Å². The van der Waals surface area contributed by atoms with Gasteiger partial charge < -0.3 is 9.80 Å². The minimum absolute atomic E-state index is 0.00188. The smallest absolute Gasteiger partial charge is 0.264 e. The van der Waals surface area contributed by atoms with Gasteiger partial charge in [0, 0.05) is 43.3 Å². The van der Waals surface area contributed by atoms with Crippen molar-refractivity contribution in [1.29, 1.82) is 0 Å². The van der Waals surface area contributed by atoms with Gasteiger partial charge in [-0.2, -0.15) is 0 Å². The van der Waals surface area contributed by atoms with Crippen LogP contribution < -0.4 is 25.5 Å². The Morgan fingerprint density at radius 1 is 0.552 bits per heavy atom. The Bertz CT molecular complexity index is 2760. The first-order valence-corrected chi connectivity index (χ1v) is 22.1. The molecule has 1 aliphatic carbocycles. The van der Waals surface area contributed by atoms with E-state index in [-0.39, 0.29) is 28.4 Å². The average molecular weight is 775 g/mol. The number of hydrogen-bond acceptors (Lipinski definition) is 3. The van der Waals surface area contributed by atoms with Gasteiger partial charge in [-0.25, -0.2) is 0 Å². The Kier molecular flexibility index (Phi) is 8.17. The molecule has 2 aliphatic heterocycles. The van der Waals surface area contributed by atoms with Gasteiger partial charge in [-0.1, -0.05) is 154 Å². The quantitative estimate of drug-likeness (QED) is 0.165. The highest BCUT2D eigenvalue weighted by atomic mass is 32.1. The molecule has 0 bridgehead atoms. The van der Waals surface area contributed by atoms with E-state index in [9.17, 15) is 0 Å². The molecule has 3 heterocycles. The van der Waals surface area contributed by atoms with Crippen LogP contribution in [0, 0.1) is 0 Å². The summed E-state index contributed by atoms with van der Waals surface area (Å²) >= 11 is 2.01. The van der Waals surface area contributed by atoms with Crippen molar-refractivity contribution in [3.63, 3.8) is 0 Å². The van der Waals surface area contributed by atoms with Crippen molar-refractivity contribution in [2.75, 3.05) is 9.80 Å². The van der Waals surface area contributed by atoms with Gasteiger partial charge >= 0.3 is 0 Å². The first kappa shape index (κ1) is 37.2. The molecular weight excluding hydrogens is 719 g/mol. The second-order valence-electron chi connectivity index (χ2n) is 20.5. The number of benzene rings is 6. The molecule has 0 radical (unpaired) electrons. The molecule has 0 amide bonds. The molecule has 0 spiro atoms. The van der Waals surface area contributed by atoms with E-state index in [1.54, 1.807) is 0 Å². The van der Waals surface area contributed by atoms with Crippen molar-refractivity contribution in [3.05, 3.63) is 150 Å². The second kappa shape index (κ2) is 12.7. The minimum atomic E-state index is 0.00188. The van der Waals surface area contributed by atoms with Crippen LogP contribution >= 0.6 is 11.3 Å². The zero-order valence-electron chi connectivity index (χ0n) is 35.9. The summed E-state index contributed by atoms with van der Waals surface area (Å²) in [7, 11) is 0. The molecule has 0 unspecified atom stereocenters. The normalized spacial score (nSPS) is 16.5. The fourth-order valence-corrected chi connectivity index (χ4v) is 11.6. The Labute approximate surface area is 350 Å². The fourth-order valence-electron chi connectivity index (χ4n) is 10.1. The standard InChI is InChI=1S/C54H55BN2S/c1-51(2,3)35-22-25-37(26-23-35)56-44-29-24-36(52(4,5)6)32-43(44)55-47-45(56)20-15-21-46(47)57(38-27-28-41-42(33-38)54(9,10)31-30-53(41,7)8)48-40-19-14-18-39(49(40)58-50(48)55)34-16-12-11-13-17-34/h11-29,32-33H,30-31H2,1-10H3. The minimum Gasteiger partial charge on any atom is -0.311 e. The number of nitrogens with zero attached hydrogens (tertiary/aromatic N) is 2. The van der Waals surface area contributed by atoms with E-state index in [2.05, 4.69) is 206 Å². The molecule has 4 heteroatoms. The third kappa shape index (κ3) is 5.65. The van der Waals surface area contributed by atoms with Crippen LogP contribution in [0.2, 0.25) is 0 Å². The lowest BCUT2D eigenvalue weighted by Gasteiger charge is -2.45. The summed E-state index contributed by atoms with van der Waals surface area (Å²) in [5.74, 6) is 0. The van der Waals surface area contributed by atoms with E-state index in [4.69, 9.17) is 0 Å². The van der Waals surface area contributed by atoms with E-state index in [0.717, 1.165) is 0 Å². The zero-order chi connectivity index (χ0) is 40.5. The summed E-state index contributed by atoms with van der Waals surface area (Å²) in [4.78, 5) is 5.20. The number of rotatable bonds is 3. The largest absolute Gasteiger partial charge is 0.311 e. The van der Waals surface area contributed by atoms with Gasteiger partial charge in [0.1, 0.15) is 0 Å². The SMILES string of the molecule is CC(C)(C)c1ccc(N2c3ccc(C(C)(C)C)cc3B3c4sc5c(-c6ccccc6)cccc5c4N(c4ccc5c(c4)C(C)(C)CCC5(C)C)c4cccc2c43)cc1. The maximum atomic E-state index is 2.65. The van der Waals surface area contributed by atoms with E-state index in [1.165, 1.54) is 106 Å². The molecule has 0 atom stereocenters. The van der Waals surface area contributed by atoms with Gasteiger partial charge in [0.15, 0.2) is 0 Å². The summed E-state index contributed by atoms with van der Waals surface area (Å²) in [6.07, 6.45) is 2.39. The van der Waals surface area contributed by atoms with Crippen LogP contribution in [0.4, 0.5) is 34.1 Å². The van der Waals surface area contributed by atoms with Gasteiger partial charge in [0.25, 0.3) is 6.71 Å². The highest BCUT2D eigenvalue weighted by Gasteiger charge is 2.46. The van der Waals surface area contributed by atoms with Gasteiger partial charge in [0.2, 0.25) is 0 Å². The molecule has 0 N–H and O–H groups in total. The summed E-state index contributed by atoms with van der Waals surface area (Å²) in [5.41, 5.74) is 18.9. The summed E-state index contributed by atoms with van der Waals surface area (Å²) < 4.78 is 2.77. The summed E-state index contributed by atoms with van der Waals surface area (Å²) in [6.45, 7) is 23.8. The highest BCUT2D eigenvalue weighted by Crippen LogP contribution is 2.52. The Morgan fingerprint density at radius 2 is 1.17 bits per heavy atom. The number of thiophene rings is 1. The summed E-state index contributed by atoms with van der Waals surface area (Å²) in [6, 6.07) is 49.1. The predicted molar refractivity (Wildman–Crippen MR) is 254 cm³/mol. The number of anilines is 6. The lowest BCUT2D eigenvalue weighted by molar-refractivity contribution is 0.332. The molecule has 58 heavy (non-hydrogen) atoms. The monoisotopic (exact) mass is 774 g/mol. The molecule has 0 saturated heterocycles. The molecule has 290 valence electrons. The topological polar surface area (TPSA) is 6.48 Å². The first-order chi connectivity index (χ1) is 27.5. The second-order valence-corrected chi connectivity index (χ2v) is 21.5. The number of fused-ring (bicyclic) bond motifs is 7. The Morgan fingerprint density at radius 3 is 1.86 bits per heavy atom. The molecule has 6 aromatic carbocycles. The van der Waals surface area contributed by atoms with Gasteiger partial charge in [-0.3, -0.25) is 0 Å². The van der Waals surface area contributed by atoms with Crippen molar-refractivity contribution < 1.29 is 0 Å². The third-order valence-corrected chi connectivity index (χ3v) is 14.9. The Balaban J connectivity index is 1.30. The maximum Gasteiger partial charge on any atom is 0.264 e. The highest BCUT2D eigenvalue weighted by molar-refractivity contribution is 7.34. The Hall–Kier alpha value is -5.06. The third-order valence-electron chi connectivity index (χ3n) is 13.6. The van der Waals surface area contributed by atoms with Crippen molar-refractivity contribution in [1.82, 2.24) is 0 Å². The van der Waals surface area contributed by atoms with Crippen LogP contribution in [0.1, 0.15) is 104 Å². The lowest BCUT2D eigenvalue weighted by Crippen LogP contribution is -2.60. The van der Waals surface area contributed by atoms with Crippen molar-refractivity contribution >= 4 is 78.0 Å². The number of hydrogen-bond donors (Lipinski definition) is 0. The zero-order valence-corrected chi connectivity index (χ0v) is 36.7. The molecular formula is C54H55BN2S. The molecule has 0 saturated carbocycles. The molecule has 10 rings (SSSR count). The molecule has 2 nitrogen and oxygen atoms in total. The van der Waals surface area contributed by atoms with E-state index in [0.29, 0.717) is 0 Å². The van der Waals surface area contributed by atoms with Crippen molar-refractivity contribution in [3.8, 4) is 11.1 Å². The molecule has 0 fully saturated rings. The van der Waals surface area contributed by atoms with E-state index < -0.39 is 0 Å². The average Bonchev–Trinajstić information content (AvgIpc) is 3.58. The van der Waals surface area contributed by atoms with Crippen LogP contribution in [0.25, 0.3) is 21.2 Å². The van der Waals surface area contributed by atoms with Gasteiger partial charge in [0.05, 0.1) is 5.69 Å². The van der Waals surface area contributed by atoms with Crippen molar-refractivity contribution in [2.24, 2.45) is 0 Å². The van der Waals surface area contributed by atoms with Crippen molar-refractivity contribution in [2.45, 2.75) is 104 Å².